The Morgan fingerprint density at radius 1 is 0.537 bits per heavy atom. The van der Waals surface area contributed by atoms with Crippen molar-refractivity contribution < 1.29 is 33.1 Å². The summed E-state index contributed by atoms with van der Waals surface area (Å²) in [6.45, 7) is 24.0. The highest BCUT2D eigenvalue weighted by Gasteiger charge is 2.25. The minimum atomic E-state index is -4.24. The van der Waals surface area contributed by atoms with Crippen molar-refractivity contribution in [2.75, 3.05) is 39.6 Å². The molecule has 0 aliphatic carbocycles. The van der Waals surface area contributed by atoms with Crippen LogP contribution in [0.15, 0.2) is 0 Å². The van der Waals surface area contributed by atoms with Crippen LogP contribution in [0.4, 0.5) is 0 Å². The zero-order valence-electron chi connectivity index (χ0n) is 37.5. The van der Waals surface area contributed by atoms with Gasteiger partial charge >= 0.3 is 7.82 Å². The maximum atomic E-state index is 12.3. The number of hydrogen-bond acceptors (Lipinski definition) is 7. The van der Waals surface area contributed by atoms with E-state index in [1.165, 1.54) is 96.3 Å². The molecule has 0 fully saturated rings. The predicted molar refractivity (Wildman–Crippen MR) is 230 cm³/mol. The topological polar surface area (TPSA) is 120 Å². The standard InChI is InChI=1S/C45H94NO7P/c1-37(2)17-11-19-39(5)21-13-23-41(7)24-15-26-43(9)28-32-50-35-44(36-53-54(48,49)52-34-31-46)51-33-30-45(10,47)29-16-27-42(8)25-14-22-40(6)20-12-18-38(3)4/h37-44,47H,11-36,46H2,1-10H3,(H,48,49)/t39?,40?,41?,42?,43?,44-,45?/m1/s1. The summed E-state index contributed by atoms with van der Waals surface area (Å²) in [5.41, 5.74) is 4.58. The summed E-state index contributed by atoms with van der Waals surface area (Å²) in [4.78, 5) is 10.0. The fraction of sp³-hybridized carbons (Fsp3) is 1.00. The van der Waals surface area contributed by atoms with Crippen LogP contribution in [0.3, 0.4) is 0 Å². The van der Waals surface area contributed by atoms with Crippen molar-refractivity contribution in [1.29, 1.82) is 0 Å². The average molecular weight is 792 g/mol. The third-order valence-corrected chi connectivity index (χ3v) is 12.4. The molecule has 8 atom stereocenters. The molecule has 0 radical (unpaired) electrons. The number of aliphatic hydroxyl groups is 1. The Morgan fingerprint density at radius 3 is 1.37 bits per heavy atom. The Labute approximate surface area is 336 Å². The van der Waals surface area contributed by atoms with Gasteiger partial charge < -0.3 is 25.2 Å². The zero-order valence-corrected chi connectivity index (χ0v) is 38.4. The summed E-state index contributed by atoms with van der Waals surface area (Å²) in [6.07, 6.45) is 23.4. The van der Waals surface area contributed by atoms with Crippen LogP contribution in [0.1, 0.15) is 198 Å². The Balaban J connectivity index is 4.49. The van der Waals surface area contributed by atoms with Crippen LogP contribution in [-0.2, 0) is 23.1 Å². The lowest BCUT2D eigenvalue weighted by Gasteiger charge is -2.26. The first-order valence-electron chi connectivity index (χ1n) is 22.7. The second-order valence-corrected chi connectivity index (χ2v) is 20.3. The first kappa shape index (κ1) is 53.9. The van der Waals surface area contributed by atoms with Crippen molar-refractivity contribution in [3.05, 3.63) is 0 Å². The van der Waals surface area contributed by atoms with Crippen molar-refractivity contribution in [3.8, 4) is 0 Å². The molecule has 0 saturated carbocycles. The first-order chi connectivity index (χ1) is 25.4. The molecule has 0 aromatic heterocycles. The molecule has 0 heterocycles. The maximum Gasteiger partial charge on any atom is 0.472 e. The SMILES string of the molecule is CC(C)CCCC(C)CCCC(C)CCCC(C)CCOC[C@H](COP(=O)(O)OCCN)OCCC(C)(O)CCCC(C)CCCC(C)CCCC(C)C. The van der Waals surface area contributed by atoms with Gasteiger partial charge in [-0.2, -0.15) is 0 Å². The third kappa shape index (κ3) is 35.1. The highest BCUT2D eigenvalue weighted by atomic mass is 31.2. The van der Waals surface area contributed by atoms with Crippen molar-refractivity contribution in [3.63, 3.8) is 0 Å². The Morgan fingerprint density at radius 2 is 0.944 bits per heavy atom. The molecule has 0 rings (SSSR count). The van der Waals surface area contributed by atoms with Crippen molar-refractivity contribution in [2.45, 2.75) is 209 Å². The van der Waals surface area contributed by atoms with Crippen molar-refractivity contribution >= 4 is 7.82 Å². The highest BCUT2D eigenvalue weighted by molar-refractivity contribution is 7.47. The zero-order chi connectivity index (χ0) is 40.8. The van der Waals surface area contributed by atoms with Crippen LogP contribution < -0.4 is 5.73 Å². The van der Waals surface area contributed by atoms with Gasteiger partial charge in [-0.15, -0.1) is 0 Å². The second-order valence-electron chi connectivity index (χ2n) is 18.8. The number of phosphoric ester groups is 1. The second kappa shape index (κ2) is 32.9. The molecule has 326 valence electrons. The summed E-state index contributed by atoms with van der Waals surface area (Å²) in [6, 6.07) is 0. The van der Waals surface area contributed by atoms with Crippen LogP contribution in [-0.4, -0.2) is 61.3 Å². The average Bonchev–Trinajstić information content (AvgIpc) is 3.07. The van der Waals surface area contributed by atoms with E-state index in [1.807, 2.05) is 6.92 Å². The van der Waals surface area contributed by atoms with Gasteiger partial charge in [0.05, 0.1) is 25.4 Å². The molecular formula is C45H94NO7P. The maximum absolute atomic E-state index is 12.3. The van der Waals surface area contributed by atoms with E-state index in [9.17, 15) is 14.6 Å². The predicted octanol–water partition coefficient (Wildman–Crippen LogP) is 12.5. The summed E-state index contributed by atoms with van der Waals surface area (Å²) in [5.74, 6) is 5.29. The van der Waals surface area contributed by atoms with Gasteiger partial charge in [-0.1, -0.05) is 171 Å². The minimum absolute atomic E-state index is 0.0662. The van der Waals surface area contributed by atoms with Gasteiger partial charge in [0, 0.05) is 19.8 Å². The van der Waals surface area contributed by atoms with Gasteiger partial charge in [0.2, 0.25) is 0 Å². The molecule has 7 unspecified atom stereocenters. The van der Waals surface area contributed by atoms with E-state index in [0.29, 0.717) is 31.5 Å². The van der Waals surface area contributed by atoms with E-state index in [4.69, 9.17) is 24.3 Å². The van der Waals surface area contributed by atoms with Crippen LogP contribution in [0, 0.1) is 41.4 Å². The third-order valence-electron chi connectivity index (χ3n) is 11.4. The largest absolute Gasteiger partial charge is 0.472 e. The first-order valence-corrected chi connectivity index (χ1v) is 24.2. The Kier molecular flexibility index (Phi) is 32.8. The molecule has 0 aromatic carbocycles. The van der Waals surface area contributed by atoms with E-state index in [1.54, 1.807) is 0 Å². The number of phosphoric acid groups is 1. The molecule has 0 spiro atoms. The summed E-state index contributed by atoms with van der Waals surface area (Å²) in [5, 5.41) is 11.1. The van der Waals surface area contributed by atoms with Crippen molar-refractivity contribution in [2.24, 2.45) is 47.2 Å². The minimum Gasteiger partial charge on any atom is -0.390 e. The number of hydrogen-bond donors (Lipinski definition) is 3. The molecular weight excluding hydrogens is 697 g/mol. The summed E-state index contributed by atoms with van der Waals surface area (Å²) < 4.78 is 34.5. The highest BCUT2D eigenvalue weighted by Crippen LogP contribution is 2.43. The van der Waals surface area contributed by atoms with E-state index in [-0.39, 0.29) is 26.4 Å². The van der Waals surface area contributed by atoms with E-state index < -0.39 is 19.5 Å². The molecule has 4 N–H and O–H groups in total. The molecule has 0 aromatic rings. The Hall–Kier alpha value is -0.0500. The molecule has 0 aliphatic rings. The lowest BCUT2D eigenvalue weighted by atomic mass is 9.89. The monoisotopic (exact) mass is 792 g/mol. The van der Waals surface area contributed by atoms with Gasteiger partial charge in [0.15, 0.2) is 0 Å². The molecule has 54 heavy (non-hydrogen) atoms. The van der Waals surface area contributed by atoms with Gasteiger partial charge in [0.25, 0.3) is 0 Å². The molecule has 0 amide bonds. The molecule has 0 aliphatic heterocycles. The summed E-state index contributed by atoms with van der Waals surface area (Å²) >= 11 is 0. The van der Waals surface area contributed by atoms with E-state index in [2.05, 4.69) is 62.3 Å². The molecule has 0 saturated heterocycles. The van der Waals surface area contributed by atoms with Gasteiger partial charge in [-0.05, 0) is 67.6 Å². The van der Waals surface area contributed by atoms with E-state index in [0.717, 1.165) is 55.3 Å². The lowest BCUT2D eigenvalue weighted by Crippen LogP contribution is -2.31. The Bertz CT molecular complexity index is 888. The fourth-order valence-electron chi connectivity index (χ4n) is 7.34. The molecule has 8 nitrogen and oxygen atoms in total. The molecule has 9 heteroatoms. The normalized spacial score (nSPS) is 18.0. The van der Waals surface area contributed by atoms with E-state index >= 15 is 0 Å². The van der Waals surface area contributed by atoms with Crippen LogP contribution in [0.2, 0.25) is 0 Å². The quantitative estimate of drug-likeness (QED) is 0.0416. The lowest BCUT2D eigenvalue weighted by molar-refractivity contribution is -0.0644. The van der Waals surface area contributed by atoms with Crippen LogP contribution >= 0.6 is 7.82 Å². The number of ether oxygens (including phenoxy) is 2. The van der Waals surface area contributed by atoms with Gasteiger partial charge in [0.1, 0.15) is 6.10 Å². The number of nitrogens with two attached hydrogens (primary N) is 1. The van der Waals surface area contributed by atoms with Crippen LogP contribution in [0.25, 0.3) is 0 Å². The van der Waals surface area contributed by atoms with Gasteiger partial charge in [-0.25, -0.2) is 4.57 Å². The van der Waals surface area contributed by atoms with Crippen molar-refractivity contribution in [1.82, 2.24) is 0 Å². The van der Waals surface area contributed by atoms with Gasteiger partial charge in [-0.3, -0.25) is 9.05 Å². The van der Waals surface area contributed by atoms with Crippen LogP contribution in [0.5, 0.6) is 0 Å². The fourth-order valence-corrected chi connectivity index (χ4v) is 8.11. The summed E-state index contributed by atoms with van der Waals surface area (Å²) in [7, 11) is -4.24. The number of rotatable bonds is 39. The molecule has 0 bridgehead atoms. The smallest absolute Gasteiger partial charge is 0.390 e.